The Morgan fingerprint density at radius 3 is 2.37 bits per heavy atom. The number of fused-ring (bicyclic) bond motifs is 1. The number of nitrogens with zero attached hydrogens (tertiary/aromatic N) is 3. The lowest BCUT2D eigenvalue weighted by atomic mass is 10.1. The Labute approximate surface area is 214 Å². The minimum Gasteiger partial charge on any atom is -0.508 e. The Morgan fingerprint density at radius 2 is 1.71 bits per heavy atom. The number of hydrogen-bond acceptors (Lipinski definition) is 6. The molecule has 2 heterocycles. The van der Waals surface area contributed by atoms with Crippen LogP contribution in [0.4, 0.5) is 13.2 Å². The predicted molar refractivity (Wildman–Crippen MR) is 129 cm³/mol. The van der Waals surface area contributed by atoms with E-state index in [2.05, 4.69) is 20.0 Å². The summed E-state index contributed by atoms with van der Waals surface area (Å²) in [4.78, 5) is 33.2. The van der Waals surface area contributed by atoms with E-state index < -0.39 is 24.3 Å². The van der Waals surface area contributed by atoms with Crippen LogP contribution in [0.25, 0.3) is 11.2 Å². The minimum atomic E-state index is -4.79. The third kappa shape index (κ3) is 6.99. The molecule has 0 aliphatic rings. The number of carbonyl (C=O) groups excluding carboxylic acids is 1. The fourth-order valence-electron chi connectivity index (χ4n) is 3.90. The zero-order valence-corrected chi connectivity index (χ0v) is 19.9. The molecule has 38 heavy (non-hydrogen) atoms. The van der Waals surface area contributed by atoms with Crippen molar-refractivity contribution in [2.45, 2.75) is 38.2 Å². The first-order valence-corrected chi connectivity index (χ1v) is 11.5. The van der Waals surface area contributed by atoms with Crippen LogP contribution < -0.4 is 10.1 Å². The summed E-state index contributed by atoms with van der Waals surface area (Å²) in [5, 5.41) is 21.5. The summed E-state index contributed by atoms with van der Waals surface area (Å²) in [6, 6.07) is 13.7. The second-order valence-electron chi connectivity index (χ2n) is 8.48. The molecule has 2 aromatic heterocycles. The maximum Gasteiger partial charge on any atom is 0.573 e. The zero-order valence-electron chi connectivity index (χ0n) is 19.9. The van der Waals surface area contributed by atoms with Gasteiger partial charge in [0.15, 0.2) is 5.65 Å². The second kappa shape index (κ2) is 11.2. The smallest absolute Gasteiger partial charge is 0.508 e. The Morgan fingerprint density at radius 1 is 1.03 bits per heavy atom. The van der Waals surface area contributed by atoms with Crippen molar-refractivity contribution < 1.29 is 37.7 Å². The number of aryl methyl sites for hydroxylation is 1. The van der Waals surface area contributed by atoms with Crippen LogP contribution in [0.1, 0.15) is 23.4 Å². The van der Waals surface area contributed by atoms with Gasteiger partial charge in [-0.1, -0.05) is 24.3 Å². The van der Waals surface area contributed by atoms with E-state index in [9.17, 15) is 33.0 Å². The number of phenols is 1. The number of carboxylic acid groups (broad SMARTS) is 1. The van der Waals surface area contributed by atoms with E-state index in [0.29, 0.717) is 28.1 Å². The molecule has 1 atom stereocenters. The molecule has 3 N–H and O–H groups in total. The van der Waals surface area contributed by atoms with Crippen LogP contribution in [0.5, 0.6) is 11.5 Å². The molecule has 1 unspecified atom stereocenters. The number of phenolic OH excluding ortho intramolecular Hbond substituents is 1. The van der Waals surface area contributed by atoms with Gasteiger partial charge < -0.3 is 24.8 Å². The standard InChI is InChI=1S/C26H23F3N4O5/c27-26(28,29)38-19-9-5-17(6-10-19)15-33-22(31-20-2-1-13-30-24(20)33)11-12-23(35)32-21(25(36)37)14-16-3-7-18(34)8-4-16/h1-10,13,21,34H,11-12,14-15H2,(H,32,35)(H,36,37). The highest BCUT2D eigenvalue weighted by atomic mass is 19.4. The predicted octanol–water partition coefficient (Wildman–Crippen LogP) is 3.83. The highest BCUT2D eigenvalue weighted by Gasteiger charge is 2.31. The van der Waals surface area contributed by atoms with Gasteiger partial charge >= 0.3 is 12.3 Å². The molecule has 0 spiro atoms. The first kappa shape index (κ1) is 26.5. The van der Waals surface area contributed by atoms with E-state index in [-0.39, 0.29) is 37.3 Å². The minimum absolute atomic E-state index is 0.0395. The first-order valence-electron chi connectivity index (χ1n) is 11.5. The molecule has 0 bridgehead atoms. The van der Waals surface area contributed by atoms with Crippen molar-refractivity contribution in [3.8, 4) is 11.5 Å². The molecule has 0 saturated carbocycles. The quantitative estimate of drug-likeness (QED) is 0.286. The number of nitrogens with one attached hydrogen (secondary N) is 1. The van der Waals surface area contributed by atoms with Crippen molar-refractivity contribution >= 4 is 23.0 Å². The van der Waals surface area contributed by atoms with Crippen LogP contribution in [0, 0.1) is 0 Å². The Balaban J connectivity index is 1.45. The zero-order chi connectivity index (χ0) is 27.3. The SMILES string of the molecule is O=C(CCc1nc2cccnc2n1Cc1ccc(OC(F)(F)F)cc1)NC(Cc1ccc(O)cc1)C(=O)O. The molecule has 0 saturated heterocycles. The topological polar surface area (TPSA) is 127 Å². The molecule has 12 heteroatoms. The van der Waals surface area contributed by atoms with E-state index in [1.54, 1.807) is 35.0 Å². The lowest BCUT2D eigenvalue weighted by Crippen LogP contribution is -2.42. The van der Waals surface area contributed by atoms with Crippen molar-refractivity contribution in [3.63, 3.8) is 0 Å². The van der Waals surface area contributed by atoms with Gasteiger partial charge in [0.2, 0.25) is 5.91 Å². The van der Waals surface area contributed by atoms with Gasteiger partial charge in [-0.3, -0.25) is 4.79 Å². The summed E-state index contributed by atoms with van der Waals surface area (Å²) in [6.07, 6.45) is -3.05. The molecule has 0 fully saturated rings. The number of carboxylic acids is 1. The number of imidazole rings is 1. The maximum absolute atomic E-state index is 12.6. The normalized spacial score (nSPS) is 12.3. The summed E-state index contributed by atoms with van der Waals surface area (Å²) in [6.45, 7) is 0.232. The van der Waals surface area contributed by atoms with Gasteiger partial charge in [0, 0.05) is 25.5 Å². The molecule has 0 radical (unpaired) electrons. The van der Waals surface area contributed by atoms with E-state index in [4.69, 9.17) is 0 Å². The van der Waals surface area contributed by atoms with Gasteiger partial charge in [-0.2, -0.15) is 0 Å². The van der Waals surface area contributed by atoms with E-state index in [1.165, 1.54) is 36.4 Å². The number of carbonyl (C=O) groups is 2. The van der Waals surface area contributed by atoms with Crippen molar-refractivity contribution in [2.24, 2.45) is 0 Å². The fourth-order valence-corrected chi connectivity index (χ4v) is 3.90. The van der Waals surface area contributed by atoms with Crippen LogP contribution in [0.3, 0.4) is 0 Å². The summed E-state index contributed by atoms with van der Waals surface area (Å²) in [5.74, 6) is -1.47. The third-order valence-corrected chi connectivity index (χ3v) is 5.67. The number of hydrogen-bond donors (Lipinski definition) is 3. The van der Waals surface area contributed by atoms with Gasteiger partial charge in [-0.05, 0) is 47.5 Å². The number of benzene rings is 2. The molecule has 0 aliphatic heterocycles. The lowest BCUT2D eigenvalue weighted by molar-refractivity contribution is -0.274. The van der Waals surface area contributed by atoms with E-state index in [0.717, 1.165) is 0 Å². The highest BCUT2D eigenvalue weighted by Crippen LogP contribution is 2.24. The van der Waals surface area contributed by atoms with Crippen LogP contribution in [-0.2, 0) is 29.0 Å². The molecule has 2 aromatic carbocycles. The summed E-state index contributed by atoms with van der Waals surface area (Å²) >= 11 is 0. The lowest BCUT2D eigenvalue weighted by Gasteiger charge is -2.15. The summed E-state index contributed by atoms with van der Waals surface area (Å²) < 4.78 is 43.0. The molecule has 4 rings (SSSR count). The number of alkyl halides is 3. The Kier molecular flexibility index (Phi) is 7.79. The number of amides is 1. The number of halogens is 3. The molecule has 1 amide bonds. The number of aromatic hydroxyl groups is 1. The number of ether oxygens (including phenoxy) is 1. The fraction of sp³-hybridized carbons (Fsp3) is 0.231. The van der Waals surface area contributed by atoms with Crippen molar-refractivity contribution in [3.05, 3.63) is 83.8 Å². The van der Waals surface area contributed by atoms with Gasteiger partial charge in [0.25, 0.3) is 0 Å². The second-order valence-corrected chi connectivity index (χ2v) is 8.48. The number of aliphatic carboxylic acids is 1. The Hall–Kier alpha value is -4.61. The first-order chi connectivity index (χ1) is 18.1. The van der Waals surface area contributed by atoms with Crippen LogP contribution in [0.2, 0.25) is 0 Å². The monoisotopic (exact) mass is 528 g/mol. The number of pyridine rings is 1. The van der Waals surface area contributed by atoms with Crippen molar-refractivity contribution in [2.75, 3.05) is 0 Å². The average Bonchev–Trinajstić information content (AvgIpc) is 3.21. The van der Waals surface area contributed by atoms with E-state index >= 15 is 0 Å². The number of rotatable bonds is 10. The average molecular weight is 528 g/mol. The molecule has 4 aromatic rings. The van der Waals surface area contributed by atoms with Gasteiger partial charge in [-0.15, -0.1) is 13.2 Å². The van der Waals surface area contributed by atoms with Crippen LogP contribution >= 0.6 is 0 Å². The summed E-state index contributed by atoms with van der Waals surface area (Å²) in [7, 11) is 0. The molecular weight excluding hydrogens is 505 g/mol. The molecule has 0 aliphatic carbocycles. The van der Waals surface area contributed by atoms with Gasteiger partial charge in [0.05, 0.1) is 6.54 Å². The molecule has 198 valence electrons. The van der Waals surface area contributed by atoms with Gasteiger partial charge in [-0.25, -0.2) is 14.8 Å². The third-order valence-electron chi connectivity index (χ3n) is 5.67. The molecule has 9 nitrogen and oxygen atoms in total. The highest BCUT2D eigenvalue weighted by molar-refractivity contribution is 5.84. The Bertz CT molecular complexity index is 1420. The van der Waals surface area contributed by atoms with Gasteiger partial charge in [0.1, 0.15) is 28.9 Å². The van der Waals surface area contributed by atoms with Crippen LogP contribution in [-0.4, -0.2) is 49.0 Å². The van der Waals surface area contributed by atoms with Crippen molar-refractivity contribution in [1.82, 2.24) is 19.9 Å². The summed E-state index contributed by atoms with van der Waals surface area (Å²) in [5.41, 5.74) is 2.41. The number of aromatic nitrogens is 3. The largest absolute Gasteiger partial charge is 0.573 e. The van der Waals surface area contributed by atoms with E-state index in [1.807, 2.05) is 0 Å². The van der Waals surface area contributed by atoms with Crippen molar-refractivity contribution in [1.29, 1.82) is 0 Å². The molecular formula is C26H23F3N4O5. The van der Waals surface area contributed by atoms with Crippen LogP contribution in [0.15, 0.2) is 66.9 Å². The maximum atomic E-state index is 12.6.